The van der Waals surface area contributed by atoms with Crippen LogP contribution in [-0.2, 0) is 0 Å². The number of nitrogens with one attached hydrogen (secondary N) is 1. The minimum atomic E-state index is -0.284. The molecule has 21 heavy (non-hydrogen) atoms. The zero-order chi connectivity index (χ0) is 15.0. The van der Waals surface area contributed by atoms with Gasteiger partial charge in [-0.2, -0.15) is 0 Å². The maximum atomic E-state index is 13.5. The highest BCUT2D eigenvalue weighted by atomic mass is 79.9. The molecule has 3 aromatic rings. The van der Waals surface area contributed by atoms with E-state index in [0.29, 0.717) is 10.2 Å². The van der Waals surface area contributed by atoms with E-state index in [-0.39, 0.29) is 5.82 Å². The van der Waals surface area contributed by atoms with E-state index in [1.54, 1.807) is 12.3 Å². The molecule has 0 bridgehead atoms. The lowest BCUT2D eigenvalue weighted by atomic mass is 10.1. The van der Waals surface area contributed by atoms with E-state index in [2.05, 4.69) is 26.2 Å². The second-order valence-electron chi connectivity index (χ2n) is 4.80. The van der Waals surface area contributed by atoms with Crippen molar-refractivity contribution in [2.45, 2.75) is 6.92 Å². The molecule has 0 amide bonds. The van der Waals surface area contributed by atoms with Crippen LogP contribution in [-0.4, -0.2) is 4.98 Å². The predicted molar refractivity (Wildman–Crippen MR) is 88.3 cm³/mol. The molecule has 0 aliphatic heterocycles. The highest BCUT2D eigenvalue weighted by molar-refractivity contribution is 9.10. The summed E-state index contributed by atoms with van der Waals surface area (Å²) < 4.78 is 13.9. The van der Waals surface area contributed by atoms with E-state index in [0.717, 1.165) is 27.8 Å². The number of anilines is 3. The largest absolute Gasteiger partial charge is 0.396 e. The molecule has 5 heteroatoms. The number of nitrogens with zero attached hydrogens (tertiary/aromatic N) is 1. The Kier molecular flexibility index (Phi) is 3.51. The third-order valence-corrected chi connectivity index (χ3v) is 3.97. The standard InChI is InChI=1S/C16H13BrFN3/c1-9-7-12(18)11(17)8-15(9)21-14-5-4-13-10(16(14)19)3-2-6-20-13/h2-8,21H,19H2,1H3. The first-order chi connectivity index (χ1) is 10.1. The first-order valence-electron chi connectivity index (χ1n) is 6.42. The van der Waals surface area contributed by atoms with Crippen LogP contribution >= 0.6 is 15.9 Å². The van der Waals surface area contributed by atoms with Gasteiger partial charge in [0.05, 0.1) is 21.4 Å². The van der Waals surface area contributed by atoms with E-state index in [9.17, 15) is 4.39 Å². The molecule has 0 saturated carbocycles. The summed E-state index contributed by atoms with van der Waals surface area (Å²) in [4.78, 5) is 4.27. The van der Waals surface area contributed by atoms with Gasteiger partial charge < -0.3 is 11.1 Å². The fraction of sp³-hybridized carbons (Fsp3) is 0.0625. The smallest absolute Gasteiger partial charge is 0.137 e. The minimum Gasteiger partial charge on any atom is -0.396 e. The molecule has 0 atom stereocenters. The SMILES string of the molecule is Cc1cc(F)c(Br)cc1Nc1ccc2ncccc2c1N. The van der Waals surface area contributed by atoms with Crippen molar-refractivity contribution in [3.05, 3.63) is 58.4 Å². The van der Waals surface area contributed by atoms with Gasteiger partial charge in [0.1, 0.15) is 5.82 Å². The van der Waals surface area contributed by atoms with E-state index in [1.807, 2.05) is 31.2 Å². The van der Waals surface area contributed by atoms with Gasteiger partial charge in [-0.05, 0) is 64.8 Å². The van der Waals surface area contributed by atoms with Crippen molar-refractivity contribution in [3.63, 3.8) is 0 Å². The average molecular weight is 346 g/mol. The first-order valence-corrected chi connectivity index (χ1v) is 7.21. The van der Waals surface area contributed by atoms with Crippen LogP contribution in [0.2, 0.25) is 0 Å². The van der Waals surface area contributed by atoms with E-state index < -0.39 is 0 Å². The highest BCUT2D eigenvalue weighted by Gasteiger charge is 2.09. The molecule has 0 spiro atoms. The summed E-state index contributed by atoms with van der Waals surface area (Å²) in [5, 5.41) is 4.14. The molecule has 1 heterocycles. The summed E-state index contributed by atoms with van der Waals surface area (Å²) in [5.41, 5.74) is 10.1. The number of pyridine rings is 1. The second-order valence-corrected chi connectivity index (χ2v) is 5.66. The Labute approximate surface area is 130 Å². The van der Waals surface area contributed by atoms with Crippen molar-refractivity contribution in [2.24, 2.45) is 0 Å². The second kappa shape index (κ2) is 5.33. The Morgan fingerprint density at radius 2 is 2.00 bits per heavy atom. The van der Waals surface area contributed by atoms with Crippen LogP contribution in [0.5, 0.6) is 0 Å². The van der Waals surface area contributed by atoms with Gasteiger partial charge in [0.2, 0.25) is 0 Å². The lowest BCUT2D eigenvalue weighted by molar-refractivity contribution is 0.620. The Bertz CT molecular complexity index is 833. The number of aromatic nitrogens is 1. The van der Waals surface area contributed by atoms with Gasteiger partial charge in [-0.3, -0.25) is 4.98 Å². The Morgan fingerprint density at radius 1 is 1.19 bits per heavy atom. The average Bonchev–Trinajstić information content (AvgIpc) is 2.48. The summed E-state index contributed by atoms with van der Waals surface area (Å²) in [7, 11) is 0. The number of nitrogens with two attached hydrogens (primary N) is 1. The Morgan fingerprint density at radius 3 is 2.81 bits per heavy atom. The van der Waals surface area contributed by atoms with Gasteiger partial charge in [-0.1, -0.05) is 0 Å². The first kappa shape index (κ1) is 13.8. The number of aryl methyl sites for hydroxylation is 1. The maximum Gasteiger partial charge on any atom is 0.137 e. The van der Waals surface area contributed by atoms with Crippen molar-refractivity contribution in [1.29, 1.82) is 0 Å². The number of halogens is 2. The predicted octanol–water partition coefficient (Wildman–Crippen LogP) is 4.77. The topological polar surface area (TPSA) is 50.9 Å². The lowest BCUT2D eigenvalue weighted by Gasteiger charge is -2.14. The highest BCUT2D eigenvalue weighted by Crippen LogP contribution is 2.32. The molecule has 2 aromatic carbocycles. The number of hydrogen-bond acceptors (Lipinski definition) is 3. The fourth-order valence-corrected chi connectivity index (χ4v) is 2.55. The van der Waals surface area contributed by atoms with Crippen LogP contribution in [0.25, 0.3) is 10.9 Å². The molecule has 0 aliphatic carbocycles. The molecule has 0 unspecified atom stereocenters. The third-order valence-electron chi connectivity index (χ3n) is 3.36. The van der Waals surface area contributed by atoms with Crippen LogP contribution < -0.4 is 11.1 Å². The summed E-state index contributed by atoms with van der Waals surface area (Å²) >= 11 is 3.20. The number of nitrogen functional groups attached to an aromatic ring is 1. The lowest BCUT2D eigenvalue weighted by Crippen LogP contribution is -1.99. The van der Waals surface area contributed by atoms with E-state index >= 15 is 0 Å². The fourth-order valence-electron chi connectivity index (χ4n) is 2.21. The number of hydrogen-bond donors (Lipinski definition) is 2. The van der Waals surface area contributed by atoms with Crippen molar-refractivity contribution in [1.82, 2.24) is 4.98 Å². The van der Waals surface area contributed by atoms with Gasteiger partial charge >= 0.3 is 0 Å². The normalized spacial score (nSPS) is 10.8. The molecule has 3 N–H and O–H groups in total. The molecule has 0 fully saturated rings. The van der Waals surface area contributed by atoms with Crippen LogP contribution in [0.15, 0.2) is 47.1 Å². The summed E-state index contributed by atoms with van der Waals surface area (Å²) in [6.07, 6.45) is 1.73. The molecule has 106 valence electrons. The van der Waals surface area contributed by atoms with Crippen LogP contribution in [0.3, 0.4) is 0 Å². The maximum absolute atomic E-state index is 13.5. The molecule has 0 saturated heterocycles. The van der Waals surface area contributed by atoms with Crippen molar-refractivity contribution >= 4 is 43.9 Å². The molecular weight excluding hydrogens is 333 g/mol. The zero-order valence-corrected chi connectivity index (χ0v) is 12.9. The summed E-state index contributed by atoms with van der Waals surface area (Å²) in [6.45, 7) is 1.84. The number of rotatable bonds is 2. The quantitative estimate of drug-likeness (QED) is 0.657. The zero-order valence-electron chi connectivity index (χ0n) is 11.3. The van der Waals surface area contributed by atoms with Crippen LogP contribution in [0, 0.1) is 12.7 Å². The van der Waals surface area contributed by atoms with E-state index in [1.165, 1.54) is 6.07 Å². The number of benzene rings is 2. The van der Waals surface area contributed by atoms with Crippen molar-refractivity contribution < 1.29 is 4.39 Å². The van der Waals surface area contributed by atoms with E-state index in [4.69, 9.17) is 5.73 Å². The summed E-state index contributed by atoms with van der Waals surface area (Å²) in [6, 6.07) is 10.7. The Balaban J connectivity index is 2.06. The molecule has 3 rings (SSSR count). The monoisotopic (exact) mass is 345 g/mol. The van der Waals surface area contributed by atoms with Gasteiger partial charge in [0.15, 0.2) is 0 Å². The summed E-state index contributed by atoms with van der Waals surface area (Å²) in [5.74, 6) is -0.284. The van der Waals surface area contributed by atoms with Crippen molar-refractivity contribution in [3.8, 4) is 0 Å². The van der Waals surface area contributed by atoms with Crippen LogP contribution in [0.1, 0.15) is 5.56 Å². The number of fused-ring (bicyclic) bond motifs is 1. The molecule has 3 nitrogen and oxygen atoms in total. The van der Waals surface area contributed by atoms with Gasteiger partial charge in [-0.25, -0.2) is 4.39 Å². The minimum absolute atomic E-state index is 0.284. The Hall–Kier alpha value is -2.14. The molecular formula is C16H13BrFN3. The molecule has 0 aliphatic rings. The molecule has 0 radical (unpaired) electrons. The van der Waals surface area contributed by atoms with Gasteiger partial charge in [-0.15, -0.1) is 0 Å². The van der Waals surface area contributed by atoms with Gasteiger partial charge in [0.25, 0.3) is 0 Å². The third kappa shape index (κ3) is 2.56. The van der Waals surface area contributed by atoms with Crippen molar-refractivity contribution in [2.75, 3.05) is 11.1 Å². The van der Waals surface area contributed by atoms with Gasteiger partial charge in [0, 0.05) is 17.3 Å². The molecule has 1 aromatic heterocycles. The van der Waals surface area contributed by atoms with Crippen LogP contribution in [0.4, 0.5) is 21.5 Å².